The number of carbonyl (C=O) groups excluding carboxylic acids is 6. The molecule has 17 nitrogen and oxygen atoms in total. The average Bonchev–Trinajstić information content (AvgIpc) is 3.99. The summed E-state index contributed by atoms with van der Waals surface area (Å²) in [6.07, 6.45) is 4.96. The SMILES string of the molecule is CN1CCC(n2nnc3c2C(=O)C(=O)c2ccccc2-3)CC1.O=C1C(=O)c2c(nnn2C2CCC2)-c2ccccc21.O=C1C(=O)c2nnn(C3COC3)c2-c2ccccc21. The molecule has 12 rings (SSSR count). The molecule has 17 heteroatoms. The molecule has 3 fully saturated rings. The maximum absolute atomic E-state index is 12.5. The highest BCUT2D eigenvalue weighted by Gasteiger charge is 2.40. The Morgan fingerprint density at radius 1 is 0.450 bits per heavy atom. The topological polar surface area (TPSA) is 207 Å². The molecular weight excluding hydrogens is 769 g/mol. The highest BCUT2D eigenvalue weighted by atomic mass is 16.5. The van der Waals surface area contributed by atoms with Crippen molar-refractivity contribution < 1.29 is 33.5 Å². The summed E-state index contributed by atoms with van der Waals surface area (Å²) >= 11 is 0. The molecule has 300 valence electrons. The van der Waals surface area contributed by atoms with Gasteiger partial charge < -0.3 is 9.64 Å². The zero-order valence-corrected chi connectivity index (χ0v) is 32.4. The average molecular weight is 805 g/mol. The number of rotatable bonds is 3. The first-order chi connectivity index (χ1) is 29.2. The Hall–Kier alpha value is -6.98. The summed E-state index contributed by atoms with van der Waals surface area (Å²) < 4.78 is 10.2. The summed E-state index contributed by atoms with van der Waals surface area (Å²) in [7, 11) is 2.08. The van der Waals surface area contributed by atoms with Crippen molar-refractivity contribution in [2.45, 2.75) is 50.2 Å². The summed E-state index contributed by atoms with van der Waals surface area (Å²) in [6, 6.07) is 21.7. The van der Waals surface area contributed by atoms with E-state index in [1.54, 1.807) is 50.4 Å². The molecule has 0 unspecified atom stereocenters. The van der Waals surface area contributed by atoms with Gasteiger partial charge in [-0.25, -0.2) is 14.0 Å². The second-order valence-electron chi connectivity index (χ2n) is 15.6. The number of aromatic nitrogens is 9. The zero-order valence-electron chi connectivity index (χ0n) is 32.4. The molecule has 60 heavy (non-hydrogen) atoms. The first kappa shape index (κ1) is 37.3. The Kier molecular flexibility index (Phi) is 9.13. The quantitative estimate of drug-likeness (QED) is 0.225. The van der Waals surface area contributed by atoms with Crippen LogP contribution in [0.2, 0.25) is 0 Å². The Morgan fingerprint density at radius 3 is 1.30 bits per heavy atom. The normalized spacial score (nSPS) is 18.4. The number of hydrogen-bond acceptors (Lipinski definition) is 14. The van der Waals surface area contributed by atoms with E-state index in [1.807, 2.05) is 36.4 Å². The van der Waals surface area contributed by atoms with E-state index >= 15 is 0 Å². The van der Waals surface area contributed by atoms with Crippen molar-refractivity contribution >= 4 is 34.7 Å². The molecule has 0 radical (unpaired) electrons. The second kappa shape index (κ2) is 14.7. The van der Waals surface area contributed by atoms with E-state index in [1.165, 1.54) is 0 Å². The fourth-order valence-electron chi connectivity index (χ4n) is 8.42. The molecule has 3 aromatic carbocycles. The van der Waals surface area contributed by atoms with Crippen LogP contribution in [0.1, 0.15) is 113 Å². The van der Waals surface area contributed by atoms with Gasteiger partial charge in [-0.1, -0.05) is 88.4 Å². The highest BCUT2D eigenvalue weighted by Crippen LogP contribution is 2.39. The summed E-state index contributed by atoms with van der Waals surface area (Å²) in [5.74, 6) is -2.98. The molecule has 0 atom stereocenters. The van der Waals surface area contributed by atoms with Gasteiger partial charge in [0.1, 0.15) is 34.5 Å². The van der Waals surface area contributed by atoms with Gasteiger partial charge in [0.05, 0.1) is 25.3 Å². The number of likely N-dealkylation sites (tertiary alicyclic amines) is 1. The number of Topliss-reactive ketones (excluding diaryl/α,β-unsaturated/α-hetero) is 6. The third kappa shape index (κ3) is 5.91. The monoisotopic (exact) mass is 804 g/mol. The standard InChI is InChI=1S/C16H16N4O2.C14H11N3O2.C13H9N3O3/c1-19-8-6-10(7-9-19)20-14-13(17-18-20)11-4-2-3-5-12(11)15(21)16(14)22;18-13-10-7-2-1-6-9(10)11-12(14(13)19)17(16-15-11)8-4-3-5-8;17-12-9-4-2-1-3-8(9)11-10(13(12)18)14-15-16(11)7-5-19-6-7/h2-5,10H,6-9H2,1H3;1-2,6-8H,3-5H2;1-4,7H,5-6H2. The molecule has 0 N–H and O–H groups in total. The molecular formula is C43H36N10O7. The van der Waals surface area contributed by atoms with Crippen molar-refractivity contribution in [3.63, 3.8) is 0 Å². The predicted molar refractivity (Wildman–Crippen MR) is 211 cm³/mol. The van der Waals surface area contributed by atoms with Crippen LogP contribution < -0.4 is 0 Å². The van der Waals surface area contributed by atoms with E-state index in [9.17, 15) is 28.8 Å². The molecule has 4 aliphatic carbocycles. The molecule has 6 aliphatic rings. The minimum atomic E-state index is -0.583. The lowest BCUT2D eigenvalue weighted by Gasteiger charge is -2.29. The smallest absolute Gasteiger partial charge is 0.256 e. The van der Waals surface area contributed by atoms with Crippen molar-refractivity contribution in [2.75, 3.05) is 33.4 Å². The fourth-order valence-corrected chi connectivity index (χ4v) is 8.42. The summed E-state index contributed by atoms with van der Waals surface area (Å²) in [5, 5.41) is 24.5. The van der Waals surface area contributed by atoms with Crippen LogP contribution in [0.4, 0.5) is 0 Å². The number of nitrogens with zero attached hydrogens (tertiary/aromatic N) is 10. The zero-order chi connectivity index (χ0) is 41.2. The molecule has 5 heterocycles. The second-order valence-corrected chi connectivity index (χ2v) is 15.6. The van der Waals surface area contributed by atoms with Gasteiger partial charge >= 0.3 is 0 Å². The van der Waals surface area contributed by atoms with Crippen LogP contribution in [0.15, 0.2) is 72.8 Å². The van der Waals surface area contributed by atoms with Gasteiger partial charge in [-0.2, -0.15) is 0 Å². The van der Waals surface area contributed by atoms with Gasteiger partial charge in [0.15, 0.2) is 5.69 Å². The maximum atomic E-state index is 12.5. The van der Waals surface area contributed by atoms with Crippen molar-refractivity contribution in [3.8, 4) is 33.8 Å². The minimum absolute atomic E-state index is 0.0882. The maximum Gasteiger partial charge on any atom is 0.256 e. The molecule has 6 aromatic rings. The largest absolute Gasteiger partial charge is 0.377 e. The van der Waals surface area contributed by atoms with E-state index in [0.717, 1.165) is 50.8 Å². The van der Waals surface area contributed by atoms with Gasteiger partial charge in [-0.3, -0.25) is 28.8 Å². The number of piperidine rings is 1. The van der Waals surface area contributed by atoms with Crippen molar-refractivity contribution in [2.24, 2.45) is 0 Å². The predicted octanol–water partition coefficient (Wildman–Crippen LogP) is 4.54. The van der Waals surface area contributed by atoms with E-state index in [4.69, 9.17) is 4.74 Å². The van der Waals surface area contributed by atoms with E-state index in [0.29, 0.717) is 69.5 Å². The Balaban J connectivity index is 0.000000109. The number of ketones is 6. The summed E-state index contributed by atoms with van der Waals surface area (Å²) in [4.78, 5) is 75.5. The van der Waals surface area contributed by atoms with Crippen molar-refractivity contribution in [3.05, 3.63) is 107 Å². The van der Waals surface area contributed by atoms with Crippen LogP contribution in [0.25, 0.3) is 33.8 Å². The first-order valence-electron chi connectivity index (χ1n) is 19.9. The van der Waals surface area contributed by atoms with Crippen LogP contribution in [-0.4, -0.2) is 118 Å². The summed E-state index contributed by atoms with van der Waals surface area (Å²) in [5.41, 5.74) is 6.02. The van der Waals surface area contributed by atoms with Gasteiger partial charge in [0.2, 0.25) is 17.3 Å². The Bertz CT molecular complexity index is 2800. The van der Waals surface area contributed by atoms with Gasteiger partial charge in [-0.05, 0) is 52.2 Å². The van der Waals surface area contributed by atoms with Gasteiger partial charge in [-0.15, -0.1) is 15.3 Å². The number of benzene rings is 3. The van der Waals surface area contributed by atoms with Crippen LogP contribution >= 0.6 is 0 Å². The van der Waals surface area contributed by atoms with Gasteiger partial charge in [0, 0.05) is 33.4 Å². The first-order valence-corrected chi connectivity index (χ1v) is 19.9. The van der Waals surface area contributed by atoms with Crippen molar-refractivity contribution in [1.29, 1.82) is 0 Å². The molecule has 0 spiro atoms. The van der Waals surface area contributed by atoms with E-state index < -0.39 is 34.7 Å². The minimum Gasteiger partial charge on any atom is -0.377 e. The third-order valence-corrected chi connectivity index (χ3v) is 12.0. The van der Waals surface area contributed by atoms with E-state index in [-0.39, 0.29) is 23.8 Å². The van der Waals surface area contributed by atoms with E-state index in [2.05, 4.69) is 42.9 Å². The number of hydrogen-bond donors (Lipinski definition) is 0. The highest BCUT2D eigenvalue weighted by molar-refractivity contribution is 6.53. The molecule has 1 saturated carbocycles. The van der Waals surface area contributed by atoms with Crippen LogP contribution in [-0.2, 0) is 4.74 Å². The lowest BCUT2D eigenvalue weighted by atomic mass is 9.88. The van der Waals surface area contributed by atoms with Crippen LogP contribution in [0.3, 0.4) is 0 Å². The molecule has 2 aliphatic heterocycles. The van der Waals surface area contributed by atoms with Crippen LogP contribution in [0, 0.1) is 0 Å². The lowest BCUT2D eigenvalue weighted by Crippen LogP contribution is -2.34. The Morgan fingerprint density at radius 2 is 0.850 bits per heavy atom. The fraction of sp³-hybridized carbons (Fsp3) is 0.302. The van der Waals surface area contributed by atoms with Crippen molar-refractivity contribution in [1.82, 2.24) is 49.9 Å². The number of fused-ring (bicyclic) bond motifs is 9. The number of carbonyl (C=O) groups is 6. The molecule has 2 saturated heterocycles. The Labute approximate surface area is 341 Å². The molecule has 3 aromatic heterocycles. The molecule has 0 amide bonds. The number of ether oxygens (including phenoxy) is 1. The van der Waals surface area contributed by atoms with Crippen LogP contribution in [0.5, 0.6) is 0 Å². The lowest BCUT2D eigenvalue weighted by molar-refractivity contribution is -0.0286. The summed E-state index contributed by atoms with van der Waals surface area (Å²) in [6.45, 7) is 3.02. The third-order valence-electron chi connectivity index (χ3n) is 12.0. The molecule has 0 bridgehead atoms. The van der Waals surface area contributed by atoms with Gasteiger partial charge in [0.25, 0.3) is 17.3 Å².